The minimum absolute atomic E-state index is 0.111. The van der Waals surface area contributed by atoms with Gasteiger partial charge in [-0.3, -0.25) is 9.59 Å². The lowest BCUT2D eigenvalue weighted by molar-refractivity contribution is 0.0751. The number of carbonyl (C=O) groups is 1. The van der Waals surface area contributed by atoms with Gasteiger partial charge in [-0.15, -0.1) is 0 Å². The van der Waals surface area contributed by atoms with E-state index in [-0.39, 0.29) is 22.8 Å². The van der Waals surface area contributed by atoms with Gasteiger partial charge in [0, 0.05) is 31.5 Å². The summed E-state index contributed by atoms with van der Waals surface area (Å²) in [5.74, 6) is -0.585. The van der Waals surface area contributed by atoms with E-state index >= 15 is 0 Å². The average Bonchev–Trinajstić information content (AvgIpc) is 2.35. The molecule has 5 heteroatoms. The Labute approximate surface area is 99.7 Å². The third kappa shape index (κ3) is 3.18. The van der Waals surface area contributed by atoms with Crippen LogP contribution in [0.3, 0.4) is 0 Å². The number of aromatic amines is 1. The van der Waals surface area contributed by atoms with Gasteiger partial charge in [0.05, 0.1) is 12.0 Å². The number of nitrogens with one attached hydrogen (secondary N) is 1. The summed E-state index contributed by atoms with van der Waals surface area (Å²) in [7, 11) is 0. The molecule has 0 radical (unpaired) electrons. The fraction of sp³-hybridized carbons (Fsp3) is 0.417. The fourth-order valence-electron chi connectivity index (χ4n) is 1.48. The summed E-state index contributed by atoms with van der Waals surface area (Å²) in [5, 5.41) is 8.73. The number of hydrogen-bond acceptors (Lipinski definition) is 3. The quantitative estimate of drug-likeness (QED) is 0.842. The number of pyridine rings is 1. The van der Waals surface area contributed by atoms with Crippen molar-refractivity contribution in [3.05, 3.63) is 34.2 Å². The van der Waals surface area contributed by atoms with Crippen LogP contribution in [-0.2, 0) is 0 Å². The first-order chi connectivity index (χ1) is 8.10. The smallest absolute Gasteiger partial charge is 0.259 e. The number of nitriles is 1. The van der Waals surface area contributed by atoms with E-state index in [2.05, 4.69) is 11.1 Å². The lowest BCUT2D eigenvalue weighted by Crippen LogP contribution is -2.36. The van der Waals surface area contributed by atoms with Crippen LogP contribution in [0.15, 0.2) is 23.3 Å². The van der Waals surface area contributed by atoms with Crippen LogP contribution in [0.2, 0.25) is 0 Å². The van der Waals surface area contributed by atoms with Gasteiger partial charge in [0.2, 0.25) is 0 Å². The first kappa shape index (κ1) is 13.0. The predicted molar refractivity (Wildman–Crippen MR) is 63.4 cm³/mol. The molecule has 0 spiro atoms. The maximum Gasteiger partial charge on any atom is 0.259 e. The van der Waals surface area contributed by atoms with E-state index in [0.717, 1.165) is 0 Å². The van der Waals surface area contributed by atoms with Gasteiger partial charge in [0.25, 0.3) is 5.91 Å². The van der Waals surface area contributed by atoms with E-state index in [1.807, 2.05) is 6.92 Å². The molecule has 0 bridgehead atoms. The summed E-state index contributed by atoms with van der Waals surface area (Å²) in [6.45, 7) is 4.36. The molecule has 1 amide bonds. The molecule has 1 heterocycles. The third-order valence-electron chi connectivity index (χ3n) is 2.44. The Kier molecular flexibility index (Phi) is 4.46. The van der Waals surface area contributed by atoms with E-state index < -0.39 is 0 Å². The first-order valence-corrected chi connectivity index (χ1v) is 5.46. The normalized spacial score (nSPS) is 11.6. The standard InChI is InChI=1S/C12H15N3O2/c1-3-15(8-9(2)6-13)12(17)10-7-14-5-4-11(10)16/h4-5,7,9H,3,8H2,1-2H3,(H,14,16). The molecule has 17 heavy (non-hydrogen) atoms. The molecule has 0 aliphatic carbocycles. The molecule has 0 fully saturated rings. The van der Waals surface area contributed by atoms with Crippen LogP contribution in [0.4, 0.5) is 0 Å². The number of rotatable bonds is 4. The Morgan fingerprint density at radius 2 is 2.35 bits per heavy atom. The van der Waals surface area contributed by atoms with Crippen LogP contribution in [0, 0.1) is 17.2 Å². The van der Waals surface area contributed by atoms with Crippen molar-refractivity contribution >= 4 is 5.91 Å². The van der Waals surface area contributed by atoms with Gasteiger partial charge < -0.3 is 9.88 Å². The van der Waals surface area contributed by atoms with Crippen molar-refractivity contribution in [2.24, 2.45) is 5.92 Å². The number of carbonyl (C=O) groups excluding carboxylic acids is 1. The van der Waals surface area contributed by atoms with E-state index in [0.29, 0.717) is 13.1 Å². The topological polar surface area (TPSA) is 77.0 Å². The van der Waals surface area contributed by atoms with Gasteiger partial charge in [-0.1, -0.05) is 0 Å². The molecular formula is C12H15N3O2. The highest BCUT2D eigenvalue weighted by Crippen LogP contribution is 2.03. The van der Waals surface area contributed by atoms with Crippen molar-refractivity contribution in [1.82, 2.24) is 9.88 Å². The minimum Gasteiger partial charge on any atom is -0.367 e. The number of hydrogen-bond donors (Lipinski definition) is 1. The molecule has 1 N–H and O–H groups in total. The summed E-state index contributed by atoms with van der Waals surface area (Å²) in [4.78, 5) is 27.8. The SMILES string of the molecule is CCN(CC(C)C#N)C(=O)c1c[nH]ccc1=O. The summed E-state index contributed by atoms with van der Waals surface area (Å²) in [6.07, 6.45) is 2.87. The van der Waals surface area contributed by atoms with Crippen molar-refractivity contribution in [2.45, 2.75) is 13.8 Å². The molecule has 0 aliphatic rings. The molecular weight excluding hydrogens is 218 g/mol. The van der Waals surface area contributed by atoms with E-state index in [4.69, 9.17) is 5.26 Å². The average molecular weight is 233 g/mol. The Hall–Kier alpha value is -2.09. The fourth-order valence-corrected chi connectivity index (χ4v) is 1.48. The second kappa shape index (κ2) is 5.85. The maximum atomic E-state index is 12.0. The van der Waals surface area contributed by atoms with Crippen LogP contribution in [0.5, 0.6) is 0 Å². The molecule has 90 valence electrons. The maximum absolute atomic E-state index is 12.0. The molecule has 0 saturated carbocycles. The van der Waals surface area contributed by atoms with E-state index in [9.17, 15) is 9.59 Å². The summed E-state index contributed by atoms with van der Waals surface area (Å²) in [6, 6.07) is 3.39. The van der Waals surface area contributed by atoms with Crippen LogP contribution in [-0.4, -0.2) is 28.9 Å². The van der Waals surface area contributed by atoms with Gasteiger partial charge in [-0.2, -0.15) is 5.26 Å². The molecule has 0 aliphatic heterocycles. The van der Waals surface area contributed by atoms with Gasteiger partial charge in [-0.25, -0.2) is 0 Å². The predicted octanol–water partition coefficient (Wildman–Crippen LogP) is 0.997. The van der Waals surface area contributed by atoms with Crippen LogP contribution in [0.25, 0.3) is 0 Å². The van der Waals surface area contributed by atoms with Gasteiger partial charge in [0.1, 0.15) is 5.56 Å². The lowest BCUT2D eigenvalue weighted by atomic mass is 10.1. The Morgan fingerprint density at radius 3 is 2.88 bits per heavy atom. The van der Waals surface area contributed by atoms with Crippen LogP contribution in [0.1, 0.15) is 24.2 Å². The molecule has 1 unspecified atom stereocenters. The Morgan fingerprint density at radius 1 is 1.65 bits per heavy atom. The number of H-pyrrole nitrogens is 1. The zero-order valence-electron chi connectivity index (χ0n) is 9.93. The second-order valence-corrected chi connectivity index (χ2v) is 3.80. The van der Waals surface area contributed by atoms with Crippen molar-refractivity contribution in [1.29, 1.82) is 5.26 Å². The van der Waals surface area contributed by atoms with Crippen LogP contribution >= 0.6 is 0 Å². The highest BCUT2D eigenvalue weighted by Gasteiger charge is 2.18. The molecule has 0 aromatic carbocycles. The highest BCUT2D eigenvalue weighted by atomic mass is 16.2. The van der Waals surface area contributed by atoms with Crippen LogP contribution < -0.4 is 5.43 Å². The summed E-state index contributed by atoms with van der Waals surface area (Å²) < 4.78 is 0. The third-order valence-corrected chi connectivity index (χ3v) is 2.44. The molecule has 0 saturated heterocycles. The number of nitrogens with zero attached hydrogens (tertiary/aromatic N) is 2. The number of aromatic nitrogens is 1. The zero-order valence-corrected chi connectivity index (χ0v) is 9.93. The molecule has 1 aromatic heterocycles. The Bertz CT molecular complexity index is 487. The van der Waals surface area contributed by atoms with Crippen molar-refractivity contribution in [3.8, 4) is 6.07 Å². The molecule has 1 atom stereocenters. The van der Waals surface area contributed by atoms with E-state index in [1.54, 1.807) is 6.92 Å². The van der Waals surface area contributed by atoms with Gasteiger partial charge in [-0.05, 0) is 13.8 Å². The lowest BCUT2D eigenvalue weighted by Gasteiger charge is -2.21. The van der Waals surface area contributed by atoms with Crippen molar-refractivity contribution < 1.29 is 4.79 Å². The van der Waals surface area contributed by atoms with Crippen molar-refractivity contribution in [3.63, 3.8) is 0 Å². The van der Waals surface area contributed by atoms with Gasteiger partial charge in [0.15, 0.2) is 5.43 Å². The summed E-state index contributed by atoms with van der Waals surface area (Å²) >= 11 is 0. The Balaban J connectivity index is 2.92. The van der Waals surface area contributed by atoms with E-state index in [1.165, 1.54) is 23.4 Å². The first-order valence-electron chi connectivity index (χ1n) is 5.46. The molecule has 1 rings (SSSR count). The highest BCUT2D eigenvalue weighted by molar-refractivity contribution is 5.93. The minimum atomic E-state index is -0.337. The molecule has 1 aromatic rings. The second-order valence-electron chi connectivity index (χ2n) is 3.80. The zero-order chi connectivity index (χ0) is 12.8. The van der Waals surface area contributed by atoms with Gasteiger partial charge >= 0.3 is 0 Å². The largest absolute Gasteiger partial charge is 0.367 e. The number of amides is 1. The monoisotopic (exact) mass is 233 g/mol. The van der Waals surface area contributed by atoms with Crippen molar-refractivity contribution in [2.75, 3.05) is 13.1 Å². The summed E-state index contributed by atoms with van der Waals surface area (Å²) in [5.41, 5.74) is -0.198. The molecule has 5 nitrogen and oxygen atoms in total.